The van der Waals surface area contributed by atoms with E-state index in [9.17, 15) is 0 Å². The number of allylic oxidation sites excluding steroid dienone is 1. The summed E-state index contributed by atoms with van der Waals surface area (Å²) in [5.74, 6) is 2.42. The van der Waals surface area contributed by atoms with E-state index in [4.69, 9.17) is 28.3 Å². The van der Waals surface area contributed by atoms with Crippen LogP contribution in [0.2, 0.25) is 0 Å². The Bertz CT molecular complexity index is 831. The quantitative estimate of drug-likeness (QED) is 0.348. The highest BCUT2D eigenvalue weighted by Crippen LogP contribution is 2.10. The van der Waals surface area contributed by atoms with Gasteiger partial charge in [-0.2, -0.15) is 5.26 Å². The van der Waals surface area contributed by atoms with E-state index in [1.165, 1.54) is 0 Å². The maximum absolute atomic E-state index is 9.02. The van der Waals surface area contributed by atoms with Crippen LogP contribution in [-0.4, -0.2) is 21.4 Å². The number of nitrogens with one attached hydrogen (secondary N) is 3. The molecule has 6 nitrogen and oxygen atoms in total. The zero-order chi connectivity index (χ0) is 15.4. The summed E-state index contributed by atoms with van der Waals surface area (Å²) < 4.78 is 3.80. The van der Waals surface area contributed by atoms with Crippen LogP contribution in [0.3, 0.4) is 0 Å². The van der Waals surface area contributed by atoms with E-state index in [0.717, 1.165) is 5.69 Å². The Morgan fingerprint density at radius 2 is 2.10 bits per heavy atom. The number of aromatic amines is 1. The Hall–Kier alpha value is -2.81. The minimum Gasteiger partial charge on any atom is -0.293 e. The number of rotatable bonds is 4. The highest BCUT2D eigenvalue weighted by atomic mass is 32.1. The number of hydrogen-bond donors (Lipinski definition) is 3. The third-order valence-electron chi connectivity index (χ3n) is 2.96. The smallest absolute Gasteiger partial charge is 0.293 e. The van der Waals surface area contributed by atoms with E-state index in [-0.39, 0.29) is 11.3 Å². The molecule has 0 aliphatic heterocycles. The van der Waals surface area contributed by atoms with Crippen molar-refractivity contribution >= 4 is 23.8 Å². The summed E-state index contributed by atoms with van der Waals surface area (Å²) >= 11 is 5.27. The van der Waals surface area contributed by atoms with E-state index >= 15 is 0 Å². The molecule has 0 aliphatic carbocycles. The molecule has 0 bridgehead atoms. The van der Waals surface area contributed by atoms with Gasteiger partial charge in [-0.05, 0) is 37.1 Å². The van der Waals surface area contributed by atoms with Gasteiger partial charge >= 0.3 is 4.77 Å². The van der Waals surface area contributed by atoms with Crippen molar-refractivity contribution in [3.8, 4) is 11.8 Å². The van der Waals surface area contributed by atoms with Crippen LogP contribution in [-0.2, 0) is 6.54 Å². The summed E-state index contributed by atoms with van der Waals surface area (Å²) in [6.45, 7) is 2.44. The number of H-pyrrole nitrogens is 1. The van der Waals surface area contributed by atoms with Crippen molar-refractivity contribution in [2.75, 3.05) is 0 Å². The molecule has 7 heteroatoms. The fraction of sp³-hybridized carbons (Fsp3) is 0.143. The molecule has 1 heterocycles. The van der Waals surface area contributed by atoms with Crippen molar-refractivity contribution in [3.05, 3.63) is 46.5 Å². The van der Waals surface area contributed by atoms with E-state index < -0.39 is 0 Å². The predicted octanol–water partition coefficient (Wildman–Crippen LogP) is 1.91. The average molecular weight is 297 g/mol. The monoisotopic (exact) mass is 297 g/mol. The molecule has 0 saturated carbocycles. The molecule has 0 spiro atoms. The van der Waals surface area contributed by atoms with Crippen LogP contribution >= 0.6 is 12.2 Å². The second kappa shape index (κ2) is 6.09. The maximum atomic E-state index is 9.02. The molecule has 0 saturated heterocycles. The lowest BCUT2D eigenvalue weighted by molar-refractivity contribution is -0.701. The van der Waals surface area contributed by atoms with Gasteiger partial charge in [0.15, 0.2) is 5.71 Å². The highest BCUT2D eigenvalue weighted by molar-refractivity contribution is 7.71. The SMILES string of the molecule is CC[n+]1c(C(=N)C(=C=N)C#N)n(-c2ccccc2)[nH]c1=S. The van der Waals surface area contributed by atoms with Crippen molar-refractivity contribution in [2.45, 2.75) is 13.5 Å². The standard InChI is InChI=1S/C14H12N6S/c1-2-19-13(12(17)10(8-15)9-16)20(18-14(19)21)11-6-4-3-5-7-11/h3-7,15H,2H2,1H3,(H-,17,18,21)/p+1. The molecule has 0 aliphatic rings. The van der Waals surface area contributed by atoms with Crippen molar-refractivity contribution in [2.24, 2.45) is 0 Å². The Balaban J connectivity index is 2.75. The Morgan fingerprint density at radius 1 is 1.43 bits per heavy atom. The Labute approximate surface area is 126 Å². The molecular formula is C14H13N6S+. The molecule has 0 amide bonds. The minimum absolute atomic E-state index is 0.0921. The largest absolute Gasteiger partial charge is 0.324 e. The third kappa shape index (κ3) is 2.58. The van der Waals surface area contributed by atoms with Crippen LogP contribution in [0.4, 0.5) is 0 Å². The summed E-state index contributed by atoms with van der Waals surface area (Å²) in [6, 6.07) is 11.2. The van der Waals surface area contributed by atoms with Gasteiger partial charge < -0.3 is 0 Å². The van der Waals surface area contributed by atoms with Gasteiger partial charge in [0.2, 0.25) is 0 Å². The number of nitrogens with zero attached hydrogens (tertiary/aromatic N) is 3. The van der Waals surface area contributed by atoms with Gasteiger partial charge in [-0.3, -0.25) is 10.8 Å². The molecular weight excluding hydrogens is 284 g/mol. The Morgan fingerprint density at radius 3 is 2.62 bits per heavy atom. The van der Waals surface area contributed by atoms with Crippen LogP contribution in [0.5, 0.6) is 0 Å². The van der Waals surface area contributed by atoms with Gasteiger partial charge in [0.1, 0.15) is 17.3 Å². The number of hydrogen-bond acceptors (Lipinski definition) is 4. The average Bonchev–Trinajstić information content (AvgIpc) is 2.85. The molecule has 0 atom stereocenters. The van der Waals surface area contributed by atoms with Crippen LogP contribution in [0.25, 0.3) is 5.69 Å². The normalized spacial score (nSPS) is 9.71. The number of nitriles is 1. The number of para-hydroxylation sites is 1. The maximum Gasteiger partial charge on any atom is 0.324 e. The molecule has 0 radical (unpaired) electrons. The van der Waals surface area contributed by atoms with Gasteiger partial charge in [0, 0.05) is 0 Å². The molecule has 0 unspecified atom stereocenters. The summed E-state index contributed by atoms with van der Waals surface area (Å²) in [7, 11) is 0. The zero-order valence-electron chi connectivity index (χ0n) is 11.3. The van der Waals surface area contributed by atoms with Crippen molar-refractivity contribution in [1.29, 1.82) is 16.1 Å². The van der Waals surface area contributed by atoms with Crippen LogP contribution in [0.1, 0.15) is 12.7 Å². The molecule has 3 N–H and O–H groups in total. The van der Waals surface area contributed by atoms with Gasteiger partial charge in [-0.1, -0.05) is 18.2 Å². The van der Waals surface area contributed by atoms with Gasteiger partial charge in [-0.25, -0.2) is 4.57 Å². The Kier molecular flexibility index (Phi) is 4.24. The van der Waals surface area contributed by atoms with E-state index in [0.29, 0.717) is 17.1 Å². The van der Waals surface area contributed by atoms with Gasteiger partial charge in [0.25, 0.3) is 5.82 Å². The van der Waals surface area contributed by atoms with Crippen LogP contribution in [0, 0.1) is 26.9 Å². The van der Waals surface area contributed by atoms with Crippen LogP contribution < -0.4 is 4.57 Å². The zero-order valence-corrected chi connectivity index (χ0v) is 12.2. The minimum atomic E-state index is -0.143. The summed E-state index contributed by atoms with van der Waals surface area (Å²) in [5.41, 5.74) is 0.555. The summed E-state index contributed by atoms with van der Waals surface area (Å²) in [5, 5.41) is 27.4. The molecule has 2 aromatic rings. The molecule has 2 rings (SSSR count). The first-order valence-corrected chi connectivity index (χ1v) is 6.64. The molecule has 0 fully saturated rings. The first kappa shape index (κ1) is 14.6. The second-order valence-electron chi connectivity index (χ2n) is 4.14. The number of benzene rings is 1. The van der Waals surface area contributed by atoms with Gasteiger partial charge in [0.05, 0.1) is 6.54 Å². The molecule has 1 aromatic heterocycles. The highest BCUT2D eigenvalue weighted by Gasteiger charge is 2.26. The van der Waals surface area contributed by atoms with Crippen LogP contribution in [0.15, 0.2) is 35.9 Å². The first-order valence-electron chi connectivity index (χ1n) is 6.23. The summed E-state index contributed by atoms with van der Waals surface area (Å²) in [6.07, 6.45) is 0. The fourth-order valence-corrected chi connectivity index (χ4v) is 2.29. The lowest BCUT2D eigenvalue weighted by Gasteiger charge is -2.02. The third-order valence-corrected chi connectivity index (χ3v) is 3.27. The molecule has 21 heavy (non-hydrogen) atoms. The van der Waals surface area contributed by atoms with Crippen molar-refractivity contribution in [1.82, 2.24) is 9.78 Å². The number of aromatic nitrogens is 3. The van der Waals surface area contributed by atoms with Gasteiger partial charge in [-0.15, -0.1) is 9.78 Å². The van der Waals surface area contributed by atoms with E-state index in [1.54, 1.807) is 9.25 Å². The topological polar surface area (TPSA) is 96.1 Å². The second-order valence-corrected chi connectivity index (χ2v) is 4.53. The van der Waals surface area contributed by atoms with E-state index in [2.05, 4.69) is 5.10 Å². The predicted molar refractivity (Wildman–Crippen MR) is 80.5 cm³/mol. The van der Waals surface area contributed by atoms with Crippen molar-refractivity contribution < 1.29 is 4.57 Å². The summed E-state index contributed by atoms with van der Waals surface area (Å²) in [4.78, 5) is 0. The van der Waals surface area contributed by atoms with Crippen molar-refractivity contribution in [3.63, 3.8) is 0 Å². The lowest BCUT2D eigenvalue weighted by atomic mass is 10.2. The lowest BCUT2D eigenvalue weighted by Crippen LogP contribution is -2.40. The first-order chi connectivity index (χ1) is 10.1. The molecule has 1 aromatic carbocycles. The van der Waals surface area contributed by atoms with E-state index in [1.807, 2.05) is 49.2 Å². The molecule has 104 valence electrons. The fourth-order valence-electron chi connectivity index (χ4n) is 1.99.